The van der Waals surface area contributed by atoms with Crippen LogP contribution in [-0.4, -0.2) is 72.9 Å². The van der Waals surface area contributed by atoms with Gasteiger partial charge in [-0.1, -0.05) is 12.1 Å². The zero-order valence-corrected chi connectivity index (χ0v) is 20.6. The Hall–Kier alpha value is -2.73. The van der Waals surface area contributed by atoms with E-state index in [4.69, 9.17) is 14.2 Å². The van der Waals surface area contributed by atoms with Crippen LogP contribution in [0.15, 0.2) is 36.7 Å². The molecule has 1 saturated heterocycles. The lowest BCUT2D eigenvalue weighted by Gasteiger charge is -2.34. The largest absolute Gasteiger partial charge is 0.473 e. The number of pyridine rings is 1. The van der Waals surface area contributed by atoms with E-state index in [9.17, 15) is 12.8 Å². The van der Waals surface area contributed by atoms with Gasteiger partial charge in [0, 0.05) is 31.0 Å². The van der Waals surface area contributed by atoms with Gasteiger partial charge in [0.1, 0.15) is 18.9 Å². The summed E-state index contributed by atoms with van der Waals surface area (Å²) in [5.41, 5.74) is 3.15. The minimum atomic E-state index is -3.32. The fraction of sp³-hybridized carbons (Fsp3) is 0.458. The van der Waals surface area contributed by atoms with Crippen molar-refractivity contribution in [1.29, 1.82) is 0 Å². The zero-order valence-electron chi connectivity index (χ0n) is 19.8. The number of benzene rings is 1. The highest BCUT2D eigenvalue weighted by molar-refractivity contribution is 7.88. The van der Waals surface area contributed by atoms with Gasteiger partial charge in [-0.25, -0.2) is 22.8 Å². The van der Waals surface area contributed by atoms with E-state index in [-0.39, 0.29) is 32.2 Å². The molecule has 5 rings (SSSR count). The molecule has 186 valence electrons. The summed E-state index contributed by atoms with van der Waals surface area (Å²) in [7, 11) is -3.32. The van der Waals surface area contributed by atoms with Crippen LogP contribution in [0.25, 0.3) is 22.3 Å². The Morgan fingerprint density at radius 3 is 2.83 bits per heavy atom. The number of alkyl halides is 1. The Kier molecular flexibility index (Phi) is 6.20. The van der Waals surface area contributed by atoms with Crippen molar-refractivity contribution < 1.29 is 27.0 Å². The summed E-state index contributed by atoms with van der Waals surface area (Å²) in [6.45, 7) is 4.73. The SMILES string of the molecule is CC1(C)OCC(F)c2cc(-c3cc4nccnc4c(OC[C@@H]4CN(S(C)(=O)=O)CCO4)n3)ccc21. The number of hydrogen-bond acceptors (Lipinski definition) is 8. The molecule has 1 fully saturated rings. The monoisotopic (exact) mass is 502 g/mol. The highest BCUT2D eigenvalue weighted by atomic mass is 32.2. The maximum absolute atomic E-state index is 14.7. The van der Waals surface area contributed by atoms with Crippen molar-refractivity contribution >= 4 is 21.1 Å². The van der Waals surface area contributed by atoms with Crippen LogP contribution in [0.1, 0.15) is 31.1 Å². The Balaban J connectivity index is 1.46. The molecule has 0 bridgehead atoms. The number of ether oxygens (including phenoxy) is 3. The number of fused-ring (bicyclic) bond motifs is 2. The Morgan fingerprint density at radius 1 is 1.23 bits per heavy atom. The smallest absolute Gasteiger partial charge is 0.242 e. The molecule has 0 N–H and O–H groups in total. The lowest BCUT2D eigenvalue weighted by atomic mass is 9.87. The van der Waals surface area contributed by atoms with Crippen molar-refractivity contribution in [3.8, 4) is 17.1 Å². The molecule has 0 saturated carbocycles. The number of sulfonamides is 1. The van der Waals surface area contributed by atoms with Gasteiger partial charge in [-0.2, -0.15) is 4.31 Å². The average Bonchev–Trinajstić information content (AvgIpc) is 2.84. The number of morpholine rings is 1. The van der Waals surface area contributed by atoms with Crippen molar-refractivity contribution in [3.63, 3.8) is 0 Å². The fourth-order valence-electron chi connectivity index (χ4n) is 4.44. The minimum absolute atomic E-state index is 0.000322. The van der Waals surface area contributed by atoms with Gasteiger partial charge in [0.15, 0.2) is 5.52 Å². The van der Waals surface area contributed by atoms with Crippen LogP contribution < -0.4 is 4.74 Å². The predicted molar refractivity (Wildman–Crippen MR) is 127 cm³/mol. The summed E-state index contributed by atoms with van der Waals surface area (Å²) in [5.74, 6) is 0.254. The van der Waals surface area contributed by atoms with Gasteiger partial charge in [-0.3, -0.25) is 4.98 Å². The molecule has 0 aliphatic carbocycles. The van der Waals surface area contributed by atoms with Gasteiger partial charge >= 0.3 is 0 Å². The topological polar surface area (TPSA) is 104 Å². The molecule has 1 aromatic carbocycles. The molecule has 4 heterocycles. The van der Waals surface area contributed by atoms with Crippen molar-refractivity contribution in [2.75, 3.05) is 39.2 Å². The molecule has 11 heteroatoms. The normalized spacial score (nSPS) is 22.6. The van der Waals surface area contributed by atoms with Crippen molar-refractivity contribution in [1.82, 2.24) is 19.3 Å². The molecular weight excluding hydrogens is 475 g/mol. The maximum Gasteiger partial charge on any atom is 0.242 e. The highest BCUT2D eigenvalue weighted by Gasteiger charge is 2.34. The minimum Gasteiger partial charge on any atom is -0.473 e. The number of halogens is 1. The van der Waals surface area contributed by atoms with Crippen LogP contribution in [0, 0.1) is 0 Å². The van der Waals surface area contributed by atoms with E-state index in [0.29, 0.717) is 28.8 Å². The van der Waals surface area contributed by atoms with Crippen LogP contribution in [-0.2, 0) is 25.1 Å². The van der Waals surface area contributed by atoms with Crippen molar-refractivity contribution in [2.45, 2.75) is 31.7 Å². The Bertz CT molecular complexity index is 1370. The van der Waals surface area contributed by atoms with E-state index >= 15 is 0 Å². The average molecular weight is 503 g/mol. The number of nitrogens with zero attached hydrogens (tertiary/aromatic N) is 4. The van der Waals surface area contributed by atoms with Gasteiger partial charge in [-0.15, -0.1) is 0 Å². The first-order valence-corrected chi connectivity index (χ1v) is 13.2. The number of aromatic nitrogens is 3. The fourth-order valence-corrected chi connectivity index (χ4v) is 5.28. The zero-order chi connectivity index (χ0) is 24.8. The van der Waals surface area contributed by atoms with E-state index in [0.717, 1.165) is 11.1 Å². The standard InChI is InChI=1S/C24H27FN4O5S/c1-24(2)18-5-4-15(10-17(18)19(25)14-34-24)20-11-21-22(27-7-6-26-21)23(28-20)33-13-16-12-29(8-9-32-16)35(3,30)31/h4-7,10-11,16,19H,8-9,12-14H2,1-3H3/t16-,19?/m0/s1. The molecule has 1 unspecified atom stereocenters. The Morgan fingerprint density at radius 2 is 2.03 bits per heavy atom. The van der Waals surface area contributed by atoms with Gasteiger partial charge < -0.3 is 14.2 Å². The van der Waals surface area contributed by atoms with Crippen LogP contribution in [0.4, 0.5) is 4.39 Å². The molecular formula is C24H27FN4O5S. The van der Waals surface area contributed by atoms with Crippen LogP contribution in [0.2, 0.25) is 0 Å². The van der Waals surface area contributed by atoms with E-state index < -0.39 is 27.9 Å². The predicted octanol–water partition coefficient (Wildman–Crippen LogP) is 3.01. The van der Waals surface area contributed by atoms with Crippen LogP contribution >= 0.6 is 0 Å². The van der Waals surface area contributed by atoms with Crippen molar-refractivity contribution in [3.05, 3.63) is 47.8 Å². The van der Waals surface area contributed by atoms with Gasteiger partial charge in [0.25, 0.3) is 0 Å². The quantitative estimate of drug-likeness (QED) is 0.525. The summed E-state index contributed by atoms with van der Waals surface area (Å²) in [5, 5.41) is 0. The molecule has 9 nitrogen and oxygen atoms in total. The second-order valence-corrected chi connectivity index (χ2v) is 11.2. The second kappa shape index (κ2) is 9.05. The third kappa shape index (κ3) is 4.86. The number of hydrogen-bond donors (Lipinski definition) is 0. The lowest BCUT2D eigenvalue weighted by Crippen LogP contribution is -2.47. The third-order valence-corrected chi connectivity index (χ3v) is 7.59. The first kappa shape index (κ1) is 24.0. The summed E-state index contributed by atoms with van der Waals surface area (Å²) in [6.07, 6.45) is 2.63. The molecule has 2 aromatic heterocycles. The lowest BCUT2D eigenvalue weighted by molar-refractivity contribution is -0.0628. The molecule has 0 radical (unpaired) electrons. The highest BCUT2D eigenvalue weighted by Crippen LogP contribution is 2.40. The van der Waals surface area contributed by atoms with Gasteiger partial charge in [0.2, 0.25) is 15.9 Å². The first-order valence-electron chi connectivity index (χ1n) is 11.4. The summed E-state index contributed by atoms with van der Waals surface area (Å²) < 4.78 is 57.3. The number of rotatable bonds is 5. The van der Waals surface area contributed by atoms with E-state index in [1.165, 1.54) is 10.6 Å². The third-order valence-electron chi connectivity index (χ3n) is 6.32. The molecule has 0 spiro atoms. The molecule has 2 atom stereocenters. The molecule has 35 heavy (non-hydrogen) atoms. The first-order chi connectivity index (χ1) is 16.6. The van der Waals surface area contributed by atoms with Crippen LogP contribution in [0.5, 0.6) is 5.88 Å². The molecule has 3 aromatic rings. The van der Waals surface area contributed by atoms with Crippen LogP contribution in [0.3, 0.4) is 0 Å². The van der Waals surface area contributed by atoms with Crippen molar-refractivity contribution in [2.24, 2.45) is 0 Å². The second-order valence-electron chi connectivity index (χ2n) is 9.25. The van der Waals surface area contributed by atoms with Gasteiger partial charge in [-0.05, 0) is 37.1 Å². The van der Waals surface area contributed by atoms with Gasteiger partial charge in [0.05, 0.1) is 36.3 Å². The molecule has 0 amide bonds. The molecule has 2 aliphatic rings. The summed E-state index contributed by atoms with van der Waals surface area (Å²) in [6, 6.07) is 7.34. The summed E-state index contributed by atoms with van der Waals surface area (Å²) in [4.78, 5) is 13.4. The Labute approximate surface area is 203 Å². The molecule has 2 aliphatic heterocycles. The van der Waals surface area contributed by atoms with E-state index in [1.807, 2.05) is 26.0 Å². The summed E-state index contributed by atoms with van der Waals surface area (Å²) >= 11 is 0. The van der Waals surface area contributed by atoms with E-state index in [2.05, 4.69) is 15.0 Å². The maximum atomic E-state index is 14.7. The van der Waals surface area contributed by atoms with E-state index in [1.54, 1.807) is 24.5 Å².